The molecule has 1 unspecified atom stereocenters. The molecule has 0 radical (unpaired) electrons. The van der Waals surface area contributed by atoms with Gasteiger partial charge in [0, 0.05) is 23.2 Å². The van der Waals surface area contributed by atoms with E-state index in [9.17, 15) is 9.59 Å². The summed E-state index contributed by atoms with van der Waals surface area (Å²) in [6.07, 6.45) is 1.99. The lowest BCUT2D eigenvalue weighted by atomic mass is 10.2. The molecule has 1 fully saturated rings. The molecule has 3 rings (SSSR count). The standard InChI is InChI=1S/C21H22BrNO5/c22-18-9-3-1-6-15(18)13-27-19-10-4-2-8-17(19)21(25)28-14-20(24)23-12-16-7-5-11-26-16/h1-4,6,8-10,16H,5,7,11-14H2,(H,23,24). The molecule has 6 nitrogen and oxygen atoms in total. The summed E-state index contributed by atoms with van der Waals surface area (Å²) < 4.78 is 17.3. The Bertz CT molecular complexity index is 820. The van der Waals surface area contributed by atoms with Gasteiger partial charge in [-0.05, 0) is 31.0 Å². The van der Waals surface area contributed by atoms with Crippen molar-refractivity contribution in [2.45, 2.75) is 25.6 Å². The van der Waals surface area contributed by atoms with Crippen LogP contribution in [0, 0.1) is 0 Å². The number of carbonyl (C=O) groups is 2. The van der Waals surface area contributed by atoms with E-state index in [0.29, 0.717) is 18.9 Å². The first-order valence-corrected chi connectivity index (χ1v) is 9.93. The normalized spacial score (nSPS) is 15.8. The van der Waals surface area contributed by atoms with Crippen molar-refractivity contribution >= 4 is 27.8 Å². The maximum Gasteiger partial charge on any atom is 0.342 e. The fourth-order valence-corrected chi connectivity index (χ4v) is 3.22. The minimum Gasteiger partial charge on any atom is -0.488 e. The summed E-state index contributed by atoms with van der Waals surface area (Å²) in [6, 6.07) is 14.5. The van der Waals surface area contributed by atoms with Gasteiger partial charge < -0.3 is 19.5 Å². The van der Waals surface area contributed by atoms with Gasteiger partial charge in [0.15, 0.2) is 6.61 Å². The number of para-hydroxylation sites is 1. The average molecular weight is 448 g/mol. The molecule has 0 bridgehead atoms. The predicted molar refractivity (Wildman–Crippen MR) is 107 cm³/mol. The van der Waals surface area contributed by atoms with E-state index < -0.39 is 5.97 Å². The molecule has 1 heterocycles. The Hall–Kier alpha value is -2.38. The zero-order chi connectivity index (χ0) is 19.8. The van der Waals surface area contributed by atoms with Crippen LogP contribution in [-0.2, 0) is 20.9 Å². The van der Waals surface area contributed by atoms with Gasteiger partial charge in [-0.3, -0.25) is 4.79 Å². The molecule has 148 valence electrons. The molecule has 0 spiro atoms. The Labute approximate surface area is 172 Å². The van der Waals surface area contributed by atoms with E-state index >= 15 is 0 Å². The molecule has 1 aliphatic rings. The SMILES string of the molecule is O=C(COC(=O)c1ccccc1OCc1ccccc1Br)NCC1CCCO1. The molecule has 1 aliphatic heterocycles. The van der Waals surface area contributed by atoms with Crippen molar-refractivity contribution < 1.29 is 23.8 Å². The van der Waals surface area contributed by atoms with Crippen LogP contribution in [0.5, 0.6) is 5.75 Å². The highest BCUT2D eigenvalue weighted by atomic mass is 79.9. The third-order valence-electron chi connectivity index (χ3n) is 4.33. The number of esters is 1. The first-order valence-electron chi connectivity index (χ1n) is 9.14. The Morgan fingerprint density at radius 1 is 1.14 bits per heavy atom. The van der Waals surface area contributed by atoms with Crippen LogP contribution in [0.4, 0.5) is 0 Å². The van der Waals surface area contributed by atoms with Gasteiger partial charge in [0.1, 0.15) is 17.9 Å². The summed E-state index contributed by atoms with van der Waals surface area (Å²) in [6.45, 7) is 1.12. The number of rotatable bonds is 8. The van der Waals surface area contributed by atoms with Gasteiger partial charge in [0.05, 0.1) is 6.10 Å². The van der Waals surface area contributed by atoms with Crippen LogP contribution in [0.15, 0.2) is 53.0 Å². The number of carbonyl (C=O) groups excluding carboxylic acids is 2. The van der Waals surface area contributed by atoms with Gasteiger partial charge in [-0.2, -0.15) is 0 Å². The number of nitrogens with one attached hydrogen (secondary N) is 1. The largest absolute Gasteiger partial charge is 0.488 e. The van der Waals surface area contributed by atoms with Crippen molar-refractivity contribution in [3.63, 3.8) is 0 Å². The second-order valence-corrected chi connectivity index (χ2v) is 7.25. The van der Waals surface area contributed by atoms with E-state index in [-0.39, 0.29) is 24.2 Å². The van der Waals surface area contributed by atoms with E-state index in [1.54, 1.807) is 24.3 Å². The molecule has 1 N–H and O–H groups in total. The van der Waals surface area contributed by atoms with E-state index in [4.69, 9.17) is 14.2 Å². The van der Waals surface area contributed by atoms with Gasteiger partial charge in [-0.25, -0.2) is 4.79 Å². The highest BCUT2D eigenvalue weighted by molar-refractivity contribution is 9.10. The summed E-state index contributed by atoms with van der Waals surface area (Å²) in [5.74, 6) is -0.548. The Morgan fingerprint density at radius 2 is 1.93 bits per heavy atom. The van der Waals surface area contributed by atoms with Crippen molar-refractivity contribution in [2.24, 2.45) is 0 Å². The van der Waals surface area contributed by atoms with Gasteiger partial charge in [-0.1, -0.05) is 46.3 Å². The van der Waals surface area contributed by atoms with Crippen molar-refractivity contribution in [3.05, 3.63) is 64.1 Å². The van der Waals surface area contributed by atoms with Crippen molar-refractivity contribution in [1.82, 2.24) is 5.32 Å². The smallest absolute Gasteiger partial charge is 0.342 e. The summed E-state index contributed by atoms with van der Waals surface area (Å²) in [4.78, 5) is 24.3. The monoisotopic (exact) mass is 447 g/mol. The van der Waals surface area contributed by atoms with Crippen molar-refractivity contribution in [3.8, 4) is 5.75 Å². The van der Waals surface area contributed by atoms with Gasteiger partial charge in [0.2, 0.25) is 0 Å². The molecule has 0 aromatic heterocycles. The molecular formula is C21H22BrNO5. The molecule has 7 heteroatoms. The molecule has 0 saturated carbocycles. The third kappa shape index (κ3) is 5.81. The molecule has 1 atom stereocenters. The zero-order valence-electron chi connectivity index (χ0n) is 15.4. The molecule has 1 saturated heterocycles. The lowest BCUT2D eigenvalue weighted by Crippen LogP contribution is -2.34. The van der Waals surface area contributed by atoms with Crippen LogP contribution >= 0.6 is 15.9 Å². The Balaban J connectivity index is 1.52. The van der Waals surface area contributed by atoms with Crippen LogP contribution < -0.4 is 10.1 Å². The maximum absolute atomic E-state index is 12.4. The molecule has 2 aromatic carbocycles. The lowest BCUT2D eigenvalue weighted by molar-refractivity contribution is -0.124. The minimum absolute atomic E-state index is 0.0473. The zero-order valence-corrected chi connectivity index (χ0v) is 16.9. The maximum atomic E-state index is 12.4. The Kier molecular flexibility index (Phi) is 7.45. The number of benzene rings is 2. The second-order valence-electron chi connectivity index (χ2n) is 6.39. The third-order valence-corrected chi connectivity index (χ3v) is 5.11. The van der Waals surface area contributed by atoms with Gasteiger partial charge in [-0.15, -0.1) is 0 Å². The highest BCUT2D eigenvalue weighted by Crippen LogP contribution is 2.23. The first-order chi connectivity index (χ1) is 13.6. The Morgan fingerprint density at radius 3 is 2.71 bits per heavy atom. The molecule has 1 amide bonds. The van der Waals surface area contributed by atoms with Crippen LogP contribution in [0.3, 0.4) is 0 Å². The quantitative estimate of drug-likeness (QED) is 0.627. The highest BCUT2D eigenvalue weighted by Gasteiger charge is 2.18. The van der Waals surface area contributed by atoms with Crippen molar-refractivity contribution in [2.75, 3.05) is 19.8 Å². The van der Waals surface area contributed by atoms with E-state index in [0.717, 1.165) is 29.5 Å². The summed E-state index contributed by atoms with van der Waals surface area (Å²) in [5, 5.41) is 2.72. The predicted octanol–water partition coefficient (Wildman–Crippen LogP) is 3.48. The summed E-state index contributed by atoms with van der Waals surface area (Å²) in [7, 11) is 0. The van der Waals surface area contributed by atoms with Crippen LogP contribution in [0.25, 0.3) is 0 Å². The number of ether oxygens (including phenoxy) is 3. The molecule has 2 aromatic rings. The van der Waals surface area contributed by atoms with E-state index in [2.05, 4.69) is 21.2 Å². The van der Waals surface area contributed by atoms with E-state index in [1.807, 2.05) is 24.3 Å². The van der Waals surface area contributed by atoms with E-state index in [1.165, 1.54) is 0 Å². The molecular weight excluding hydrogens is 426 g/mol. The minimum atomic E-state index is -0.602. The summed E-state index contributed by atoms with van der Waals surface area (Å²) >= 11 is 3.47. The van der Waals surface area contributed by atoms with Gasteiger partial charge >= 0.3 is 5.97 Å². The van der Waals surface area contributed by atoms with Crippen LogP contribution in [0.2, 0.25) is 0 Å². The fraction of sp³-hybridized carbons (Fsp3) is 0.333. The van der Waals surface area contributed by atoms with Gasteiger partial charge in [0.25, 0.3) is 5.91 Å². The first kappa shape index (κ1) is 20.4. The molecule has 0 aliphatic carbocycles. The number of amides is 1. The molecule has 28 heavy (non-hydrogen) atoms. The van der Waals surface area contributed by atoms with Crippen LogP contribution in [-0.4, -0.2) is 37.7 Å². The number of halogens is 1. The second kappa shape index (κ2) is 10.2. The lowest BCUT2D eigenvalue weighted by Gasteiger charge is -2.13. The topological polar surface area (TPSA) is 73.9 Å². The van der Waals surface area contributed by atoms with Crippen LogP contribution in [0.1, 0.15) is 28.8 Å². The number of hydrogen-bond acceptors (Lipinski definition) is 5. The number of hydrogen-bond donors (Lipinski definition) is 1. The fourth-order valence-electron chi connectivity index (χ4n) is 2.82. The summed E-state index contributed by atoms with van der Waals surface area (Å²) in [5.41, 5.74) is 1.24. The van der Waals surface area contributed by atoms with Crippen molar-refractivity contribution in [1.29, 1.82) is 0 Å². The average Bonchev–Trinajstić information content (AvgIpc) is 3.24.